The molecule has 3 atom stereocenters. The Morgan fingerprint density at radius 2 is 1.62 bits per heavy atom. The fraction of sp³-hybridized carbons (Fsp3) is 0.414. The molecule has 3 N–H and O–H groups in total. The highest BCUT2D eigenvalue weighted by Crippen LogP contribution is 2.18. The van der Waals surface area contributed by atoms with E-state index in [9.17, 15) is 29.1 Å². The van der Waals surface area contributed by atoms with E-state index in [4.69, 9.17) is 4.74 Å². The van der Waals surface area contributed by atoms with Crippen molar-refractivity contribution < 1.29 is 33.8 Å². The van der Waals surface area contributed by atoms with Gasteiger partial charge in [-0.15, -0.1) is 0 Å². The third-order valence-electron chi connectivity index (χ3n) is 6.42. The summed E-state index contributed by atoms with van der Waals surface area (Å²) in [5.41, 5.74) is 1.39. The summed E-state index contributed by atoms with van der Waals surface area (Å²) in [6.07, 6.45) is 0.0615. The van der Waals surface area contributed by atoms with E-state index < -0.39 is 47.8 Å². The highest BCUT2D eigenvalue weighted by atomic mass is 16.5. The Kier molecular flexibility index (Phi) is 10.7. The summed E-state index contributed by atoms with van der Waals surface area (Å²) >= 11 is 0. The number of carbonyl (C=O) groups excluding carboxylic acids is 4. The molecular formula is C29H35N3O7. The van der Waals surface area contributed by atoms with Crippen LogP contribution in [0.5, 0.6) is 0 Å². The summed E-state index contributed by atoms with van der Waals surface area (Å²) in [5.74, 6) is -4.68. The second-order valence-corrected chi connectivity index (χ2v) is 9.96. The van der Waals surface area contributed by atoms with Crippen LogP contribution in [0.3, 0.4) is 0 Å². The number of benzene rings is 2. The number of hydrogen-bond donors (Lipinski definition) is 3. The number of carboxylic acid groups (broad SMARTS) is 1. The summed E-state index contributed by atoms with van der Waals surface area (Å²) in [6.45, 7) is 3.99. The molecule has 1 aliphatic rings. The second-order valence-electron chi connectivity index (χ2n) is 9.96. The van der Waals surface area contributed by atoms with Crippen molar-refractivity contribution in [1.29, 1.82) is 0 Å². The first-order valence-electron chi connectivity index (χ1n) is 13.1. The maximum atomic E-state index is 13.9. The molecule has 3 amide bonds. The Morgan fingerprint density at radius 1 is 1.00 bits per heavy atom. The molecule has 208 valence electrons. The molecule has 2 unspecified atom stereocenters. The lowest BCUT2D eigenvalue weighted by Crippen LogP contribution is -2.60. The van der Waals surface area contributed by atoms with Crippen molar-refractivity contribution in [2.45, 2.75) is 64.3 Å². The van der Waals surface area contributed by atoms with Crippen LogP contribution < -0.4 is 10.6 Å². The minimum absolute atomic E-state index is 0.0478. The van der Waals surface area contributed by atoms with Gasteiger partial charge in [-0.1, -0.05) is 74.5 Å². The summed E-state index contributed by atoms with van der Waals surface area (Å²) in [7, 11) is 0. The lowest BCUT2D eigenvalue weighted by atomic mass is 9.98. The Balaban J connectivity index is 1.91. The van der Waals surface area contributed by atoms with E-state index in [0.717, 1.165) is 5.56 Å². The van der Waals surface area contributed by atoms with E-state index in [1.165, 1.54) is 0 Å². The molecule has 2 aromatic rings. The Morgan fingerprint density at radius 3 is 2.15 bits per heavy atom. The van der Waals surface area contributed by atoms with Crippen molar-refractivity contribution in [1.82, 2.24) is 15.5 Å². The number of nitrogens with one attached hydrogen (secondary N) is 2. The Labute approximate surface area is 227 Å². The van der Waals surface area contributed by atoms with Gasteiger partial charge in [0.2, 0.25) is 5.78 Å². The van der Waals surface area contributed by atoms with E-state index in [1.807, 2.05) is 6.07 Å². The van der Waals surface area contributed by atoms with Crippen LogP contribution in [0.4, 0.5) is 4.79 Å². The lowest BCUT2D eigenvalue weighted by Gasteiger charge is -2.31. The van der Waals surface area contributed by atoms with Crippen LogP contribution in [0.25, 0.3) is 0 Å². The number of imide groups is 1. The van der Waals surface area contributed by atoms with Crippen LogP contribution in [0.2, 0.25) is 0 Å². The van der Waals surface area contributed by atoms with Gasteiger partial charge in [-0.05, 0) is 42.9 Å². The molecule has 0 radical (unpaired) electrons. The van der Waals surface area contributed by atoms with E-state index in [2.05, 4.69) is 10.6 Å². The van der Waals surface area contributed by atoms with Gasteiger partial charge in [-0.3, -0.25) is 19.3 Å². The number of Topliss-reactive ketones (excluding diaryl/α,β-unsaturated/α-hetero) is 1. The zero-order valence-electron chi connectivity index (χ0n) is 22.2. The predicted octanol–water partition coefficient (Wildman–Crippen LogP) is 2.70. The molecular weight excluding hydrogens is 502 g/mol. The van der Waals surface area contributed by atoms with Crippen molar-refractivity contribution >= 4 is 29.7 Å². The molecule has 1 heterocycles. The summed E-state index contributed by atoms with van der Waals surface area (Å²) in [6, 6.07) is 14.0. The van der Waals surface area contributed by atoms with Crippen LogP contribution in [-0.2, 0) is 36.9 Å². The van der Waals surface area contributed by atoms with Gasteiger partial charge in [0.25, 0.3) is 11.8 Å². The number of ether oxygens (including phenoxy) is 1. The van der Waals surface area contributed by atoms with E-state index >= 15 is 0 Å². The van der Waals surface area contributed by atoms with Gasteiger partial charge < -0.3 is 20.5 Å². The van der Waals surface area contributed by atoms with Gasteiger partial charge in [0.05, 0.1) is 6.04 Å². The van der Waals surface area contributed by atoms with Crippen molar-refractivity contribution in [2.75, 3.05) is 6.54 Å². The maximum Gasteiger partial charge on any atom is 0.408 e. The fourth-order valence-electron chi connectivity index (χ4n) is 4.46. The molecule has 0 saturated carbocycles. The number of hydrogen-bond acceptors (Lipinski definition) is 7. The minimum atomic E-state index is -1.59. The van der Waals surface area contributed by atoms with Crippen LogP contribution >= 0.6 is 0 Å². The predicted molar refractivity (Wildman–Crippen MR) is 142 cm³/mol. The Hall–Kier alpha value is -4.05. The second kappa shape index (κ2) is 14.2. The quantitative estimate of drug-likeness (QED) is 0.351. The molecule has 1 aliphatic heterocycles. The van der Waals surface area contributed by atoms with Crippen molar-refractivity contribution in [3.63, 3.8) is 0 Å². The van der Waals surface area contributed by atoms with Gasteiger partial charge >= 0.3 is 12.1 Å². The SMILES string of the molecule is CC(C)C[C@H](C(=O)O)N(C(=O)C(=O)C1CCCN1)C(=O)C(Cc1ccccc1)NC(=O)OCc1ccccc1. The number of ketones is 1. The summed E-state index contributed by atoms with van der Waals surface area (Å²) < 4.78 is 5.29. The van der Waals surface area contributed by atoms with Gasteiger partial charge in [0, 0.05) is 6.42 Å². The number of carbonyl (C=O) groups is 5. The van der Waals surface area contributed by atoms with Gasteiger partial charge in [-0.25, -0.2) is 9.59 Å². The number of nitrogens with zero attached hydrogens (tertiary/aromatic N) is 1. The molecule has 39 heavy (non-hydrogen) atoms. The van der Waals surface area contributed by atoms with E-state index in [-0.39, 0.29) is 25.4 Å². The lowest BCUT2D eigenvalue weighted by molar-refractivity contribution is -0.162. The number of carboxylic acids is 1. The molecule has 0 spiro atoms. The number of rotatable bonds is 12. The largest absolute Gasteiger partial charge is 0.480 e. The molecule has 1 saturated heterocycles. The molecule has 10 nitrogen and oxygen atoms in total. The smallest absolute Gasteiger partial charge is 0.408 e. The standard InChI is InChI=1S/C29H35N3O7/c1-19(2)16-24(28(36)37)32(27(35)25(33)22-14-9-15-30-22)26(34)23(17-20-10-5-3-6-11-20)31-29(38)39-18-21-12-7-4-8-13-21/h3-8,10-13,19,22-24,30H,9,14-18H2,1-2H3,(H,31,38)(H,36,37)/t22?,23?,24-/m1/s1. The molecule has 0 aromatic heterocycles. The summed E-state index contributed by atoms with van der Waals surface area (Å²) in [4.78, 5) is 66.0. The highest BCUT2D eigenvalue weighted by molar-refractivity contribution is 6.41. The third kappa shape index (κ3) is 8.47. The number of amides is 3. The van der Waals surface area contributed by atoms with Crippen LogP contribution in [0.15, 0.2) is 60.7 Å². The Bertz CT molecular complexity index is 1150. The molecule has 1 fully saturated rings. The number of aliphatic carboxylic acids is 1. The molecule has 10 heteroatoms. The molecule has 2 aromatic carbocycles. The van der Waals surface area contributed by atoms with Crippen LogP contribution in [-0.4, -0.2) is 64.3 Å². The molecule has 0 bridgehead atoms. The first kappa shape index (κ1) is 29.5. The normalized spacial score (nSPS) is 16.2. The molecule has 3 rings (SSSR count). The van der Waals surface area contributed by atoms with Crippen molar-refractivity contribution in [3.8, 4) is 0 Å². The third-order valence-corrected chi connectivity index (χ3v) is 6.42. The maximum absolute atomic E-state index is 13.9. The van der Waals surface area contributed by atoms with E-state index in [0.29, 0.717) is 29.8 Å². The van der Waals surface area contributed by atoms with Gasteiger partial charge in [-0.2, -0.15) is 0 Å². The first-order chi connectivity index (χ1) is 18.7. The topological polar surface area (TPSA) is 142 Å². The molecule has 0 aliphatic carbocycles. The van der Waals surface area contributed by atoms with Crippen LogP contribution in [0.1, 0.15) is 44.2 Å². The van der Waals surface area contributed by atoms with Gasteiger partial charge in [0.15, 0.2) is 0 Å². The van der Waals surface area contributed by atoms with Crippen LogP contribution in [0, 0.1) is 5.92 Å². The van der Waals surface area contributed by atoms with Crippen molar-refractivity contribution in [3.05, 3.63) is 71.8 Å². The average molecular weight is 538 g/mol. The monoisotopic (exact) mass is 537 g/mol. The van der Waals surface area contributed by atoms with Gasteiger partial charge in [0.1, 0.15) is 18.7 Å². The zero-order valence-corrected chi connectivity index (χ0v) is 22.2. The summed E-state index contributed by atoms with van der Waals surface area (Å²) in [5, 5.41) is 15.4. The average Bonchev–Trinajstić information content (AvgIpc) is 3.46. The first-order valence-corrected chi connectivity index (χ1v) is 13.1. The highest BCUT2D eigenvalue weighted by Gasteiger charge is 2.43. The van der Waals surface area contributed by atoms with E-state index in [1.54, 1.807) is 68.4 Å². The number of alkyl carbamates (subject to hydrolysis) is 1. The zero-order chi connectivity index (χ0) is 28.4. The van der Waals surface area contributed by atoms with Crippen molar-refractivity contribution in [2.24, 2.45) is 5.92 Å². The fourth-order valence-corrected chi connectivity index (χ4v) is 4.46. The minimum Gasteiger partial charge on any atom is -0.480 e.